The second-order valence-corrected chi connectivity index (χ2v) is 6.85. The van der Waals surface area contributed by atoms with E-state index in [0.29, 0.717) is 19.3 Å². The van der Waals surface area contributed by atoms with Gasteiger partial charge in [-0.1, -0.05) is 19.4 Å². The van der Waals surface area contributed by atoms with Gasteiger partial charge in [0.15, 0.2) is 0 Å². The van der Waals surface area contributed by atoms with Gasteiger partial charge < -0.3 is 5.11 Å². The van der Waals surface area contributed by atoms with E-state index in [-0.39, 0.29) is 5.75 Å². The third-order valence-electron chi connectivity index (χ3n) is 2.39. The Morgan fingerprint density at radius 2 is 2.28 bits per heavy atom. The lowest BCUT2D eigenvalue weighted by molar-refractivity contribution is -0.139. The SMILES string of the molecule is CCCC(NS(=O)(=O)CCc1cccs1)C(=O)O. The highest BCUT2D eigenvalue weighted by molar-refractivity contribution is 7.89. The zero-order valence-electron chi connectivity index (χ0n) is 10.1. The largest absolute Gasteiger partial charge is 0.480 e. The van der Waals surface area contributed by atoms with Crippen molar-refractivity contribution in [2.45, 2.75) is 32.2 Å². The van der Waals surface area contributed by atoms with Crippen LogP contribution in [0.5, 0.6) is 0 Å². The number of sulfonamides is 1. The molecule has 2 N–H and O–H groups in total. The minimum atomic E-state index is -3.55. The first-order valence-corrected chi connectivity index (χ1v) is 8.23. The van der Waals surface area contributed by atoms with Crippen molar-refractivity contribution >= 4 is 27.3 Å². The molecule has 0 spiro atoms. The molecule has 1 rings (SSSR count). The Morgan fingerprint density at radius 1 is 1.56 bits per heavy atom. The lowest BCUT2D eigenvalue weighted by Gasteiger charge is -2.13. The first kappa shape index (κ1) is 15.1. The summed E-state index contributed by atoms with van der Waals surface area (Å²) in [6.45, 7) is 1.82. The van der Waals surface area contributed by atoms with Crippen LogP contribution in [0.15, 0.2) is 17.5 Å². The molecule has 1 unspecified atom stereocenters. The third kappa shape index (κ3) is 5.16. The number of nitrogens with one attached hydrogen (secondary N) is 1. The topological polar surface area (TPSA) is 83.5 Å². The van der Waals surface area contributed by atoms with E-state index in [4.69, 9.17) is 5.11 Å². The van der Waals surface area contributed by atoms with Gasteiger partial charge in [0, 0.05) is 4.88 Å². The zero-order valence-corrected chi connectivity index (χ0v) is 11.8. The van der Waals surface area contributed by atoms with Crippen molar-refractivity contribution in [2.24, 2.45) is 0 Å². The van der Waals surface area contributed by atoms with Crippen LogP contribution in [0.3, 0.4) is 0 Å². The highest BCUT2D eigenvalue weighted by atomic mass is 32.2. The molecule has 0 fully saturated rings. The lowest BCUT2D eigenvalue weighted by atomic mass is 10.2. The van der Waals surface area contributed by atoms with E-state index in [0.717, 1.165) is 4.88 Å². The van der Waals surface area contributed by atoms with Crippen molar-refractivity contribution in [3.8, 4) is 0 Å². The zero-order chi connectivity index (χ0) is 13.6. The monoisotopic (exact) mass is 291 g/mol. The maximum absolute atomic E-state index is 11.7. The Kier molecular flexibility index (Phi) is 5.77. The number of aliphatic carboxylic acids is 1. The summed E-state index contributed by atoms with van der Waals surface area (Å²) < 4.78 is 25.7. The number of hydrogen-bond donors (Lipinski definition) is 2. The molecule has 0 saturated carbocycles. The summed E-state index contributed by atoms with van der Waals surface area (Å²) in [4.78, 5) is 11.8. The van der Waals surface area contributed by atoms with Crippen LogP contribution in [0.2, 0.25) is 0 Å². The van der Waals surface area contributed by atoms with Gasteiger partial charge in [-0.2, -0.15) is 0 Å². The van der Waals surface area contributed by atoms with Crippen LogP contribution >= 0.6 is 11.3 Å². The van der Waals surface area contributed by atoms with Crippen LogP contribution in [0.1, 0.15) is 24.6 Å². The summed E-state index contributed by atoms with van der Waals surface area (Å²) in [6, 6.07) is 2.70. The fourth-order valence-corrected chi connectivity index (χ4v) is 3.58. The summed E-state index contributed by atoms with van der Waals surface area (Å²) in [7, 11) is -3.55. The Balaban J connectivity index is 2.54. The van der Waals surface area contributed by atoms with E-state index < -0.39 is 22.0 Å². The molecule has 0 radical (unpaired) electrons. The molecule has 0 aromatic carbocycles. The Bertz CT molecular complexity index is 467. The van der Waals surface area contributed by atoms with Gasteiger partial charge in [0.2, 0.25) is 10.0 Å². The first-order valence-electron chi connectivity index (χ1n) is 5.70. The second-order valence-electron chi connectivity index (χ2n) is 3.95. The van der Waals surface area contributed by atoms with Crippen molar-refractivity contribution in [2.75, 3.05) is 5.75 Å². The molecule has 0 saturated heterocycles. The van der Waals surface area contributed by atoms with Crippen molar-refractivity contribution in [3.05, 3.63) is 22.4 Å². The van der Waals surface area contributed by atoms with Gasteiger partial charge in [0.05, 0.1) is 5.75 Å². The van der Waals surface area contributed by atoms with Gasteiger partial charge in [-0.3, -0.25) is 4.79 Å². The molecule has 1 heterocycles. The minimum Gasteiger partial charge on any atom is -0.480 e. The average Bonchev–Trinajstić information content (AvgIpc) is 2.78. The minimum absolute atomic E-state index is 0.0823. The Labute approximate surface area is 111 Å². The van der Waals surface area contributed by atoms with Crippen molar-refractivity contribution in [1.29, 1.82) is 0 Å². The molecule has 0 bridgehead atoms. The molecular weight excluding hydrogens is 274 g/mol. The lowest BCUT2D eigenvalue weighted by Crippen LogP contribution is -2.41. The van der Waals surface area contributed by atoms with Crippen molar-refractivity contribution < 1.29 is 18.3 Å². The molecule has 0 aliphatic carbocycles. The van der Waals surface area contributed by atoms with Gasteiger partial charge in [-0.05, 0) is 24.3 Å². The molecule has 0 aliphatic heterocycles. The van der Waals surface area contributed by atoms with Gasteiger partial charge >= 0.3 is 5.97 Å². The van der Waals surface area contributed by atoms with Gasteiger partial charge in [-0.25, -0.2) is 13.1 Å². The number of carboxylic acids is 1. The number of aryl methyl sites for hydroxylation is 1. The molecule has 1 aromatic rings. The van der Waals surface area contributed by atoms with Gasteiger partial charge in [-0.15, -0.1) is 11.3 Å². The molecule has 1 atom stereocenters. The number of carboxylic acid groups (broad SMARTS) is 1. The predicted octanol–water partition coefficient (Wildman–Crippen LogP) is 1.46. The van der Waals surface area contributed by atoms with E-state index in [1.54, 1.807) is 0 Å². The molecule has 5 nitrogen and oxygen atoms in total. The second kappa shape index (κ2) is 6.86. The maximum atomic E-state index is 11.7. The standard InChI is InChI=1S/C11H17NO4S2/c1-2-4-10(11(13)14)12-18(15,16)8-6-9-5-3-7-17-9/h3,5,7,10,12H,2,4,6,8H2,1H3,(H,13,14). The highest BCUT2D eigenvalue weighted by Crippen LogP contribution is 2.10. The Hall–Kier alpha value is -0.920. The van der Waals surface area contributed by atoms with E-state index in [1.165, 1.54) is 11.3 Å². The highest BCUT2D eigenvalue weighted by Gasteiger charge is 2.22. The molecule has 0 amide bonds. The normalized spacial score (nSPS) is 13.4. The Morgan fingerprint density at radius 3 is 2.78 bits per heavy atom. The molecule has 7 heteroatoms. The van der Waals surface area contributed by atoms with Crippen LogP contribution in [0.4, 0.5) is 0 Å². The summed E-state index contributed by atoms with van der Waals surface area (Å²) in [5, 5.41) is 10.8. The van der Waals surface area contributed by atoms with Gasteiger partial charge in [0.25, 0.3) is 0 Å². The number of carbonyl (C=O) groups is 1. The summed E-state index contributed by atoms with van der Waals surface area (Å²) in [6.07, 6.45) is 1.32. The van der Waals surface area contributed by atoms with Crippen LogP contribution < -0.4 is 4.72 Å². The molecule has 102 valence electrons. The third-order valence-corrected chi connectivity index (χ3v) is 4.72. The van der Waals surface area contributed by atoms with E-state index in [2.05, 4.69) is 4.72 Å². The van der Waals surface area contributed by atoms with Crippen molar-refractivity contribution in [1.82, 2.24) is 4.72 Å². The quantitative estimate of drug-likeness (QED) is 0.759. The molecule has 1 aromatic heterocycles. The first-order chi connectivity index (χ1) is 8.44. The smallest absolute Gasteiger partial charge is 0.321 e. The van der Waals surface area contributed by atoms with Crippen LogP contribution in [0, 0.1) is 0 Å². The van der Waals surface area contributed by atoms with Crippen LogP contribution in [-0.2, 0) is 21.2 Å². The maximum Gasteiger partial charge on any atom is 0.321 e. The van der Waals surface area contributed by atoms with E-state index in [1.807, 2.05) is 24.4 Å². The predicted molar refractivity (Wildman–Crippen MR) is 71.3 cm³/mol. The van der Waals surface area contributed by atoms with E-state index >= 15 is 0 Å². The van der Waals surface area contributed by atoms with Crippen LogP contribution in [-0.4, -0.2) is 31.3 Å². The van der Waals surface area contributed by atoms with Crippen LogP contribution in [0.25, 0.3) is 0 Å². The fraction of sp³-hybridized carbons (Fsp3) is 0.545. The van der Waals surface area contributed by atoms with E-state index in [9.17, 15) is 13.2 Å². The van der Waals surface area contributed by atoms with Crippen molar-refractivity contribution in [3.63, 3.8) is 0 Å². The summed E-state index contributed by atoms with van der Waals surface area (Å²) in [5.41, 5.74) is 0. The average molecular weight is 291 g/mol. The number of rotatable bonds is 8. The molecular formula is C11H17NO4S2. The molecule has 0 aliphatic rings. The summed E-state index contributed by atoms with van der Waals surface area (Å²) >= 11 is 1.49. The fourth-order valence-electron chi connectivity index (χ4n) is 1.49. The summed E-state index contributed by atoms with van der Waals surface area (Å²) in [5.74, 6) is -1.21. The number of thiophene rings is 1. The van der Waals surface area contributed by atoms with Gasteiger partial charge in [0.1, 0.15) is 6.04 Å². The molecule has 18 heavy (non-hydrogen) atoms. The number of hydrogen-bond acceptors (Lipinski definition) is 4.